The number of amides is 1. The highest BCUT2D eigenvalue weighted by molar-refractivity contribution is 5.88. The lowest BCUT2D eigenvalue weighted by atomic mass is 9.97. The highest BCUT2D eigenvalue weighted by Gasteiger charge is 2.25. The van der Waals surface area contributed by atoms with E-state index < -0.39 is 5.97 Å². The predicted molar refractivity (Wildman–Crippen MR) is 81.4 cm³/mol. The minimum atomic E-state index is -0.953. The summed E-state index contributed by atoms with van der Waals surface area (Å²) in [5, 5.41) is 9.01. The monoisotopic (exact) mass is 289 g/mol. The van der Waals surface area contributed by atoms with Gasteiger partial charge >= 0.3 is 5.97 Å². The van der Waals surface area contributed by atoms with E-state index in [9.17, 15) is 9.59 Å². The molecule has 0 aliphatic carbocycles. The second kappa shape index (κ2) is 7.25. The Balaban J connectivity index is 2.05. The van der Waals surface area contributed by atoms with E-state index >= 15 is 0 Å². The van der Waals surface area contributed by atoms with E-state index in [1.165, 1.54) is 6.42 Å². The Bertz CT molecular complexity index is 511. The van der Waals surface area contributed by atoms with Crippen molar-refractivity contribution >= 4 is 11.9 Å². The first-order chi connectivity index (χ1) is 10.1. The van der Waals surface area contributed by atoms with Crippen LogP contribution in [0.5, 0.6) is 0 Å². The summed E-state index contributed by atoms with van der Waals surface area (Å²) >= 11 is 0. The number of carboxylic acids is 1. The molecule has 0 radical (unpaired) electrons. The second-order valence-corrected chi connectivity index (χ2v) is 5.71. The van der Waals surface area contributed by atoms with Gasteiger partial charge in [0.2, 0.25) is 5.91 Å². The van der Waals surface area contributed by atoms with Gasteiger partial charge in [-0.05, 0) is 43.4 Å². The summed E-state index contributed by atoms with van der Waals surface area (Å²) in [6, 6.07) is 7.03. The van der Waals surface area contributed by atoms with E-state index in [0.29, 0.717) is 12.5 Å². The quantitative estimate of drug-likeness (QED) is 0.906. The fourth-order valence-electron chi connectivity index (χ4n) is 3.05. The van der Waals surface area contributed by atoms with Crippen LogP contribution in [0.3, 0.4) is 0 Å². The molecule has 1 unspecified atom stereocenters. The van der Waals surface area contributed by atoms with Crippen molar-refractivity contribution in [1.29, 1.82) is 0 Å². The fourth-order valence-corrected chi connectivity index (χ4v) is 3.05. The number of piperidine rings is 1. The highest BCUT2D eigenvalue weighted by Crippen LogP contribution is 2.22. The average molecular weight is 289 g/mol. The number of rotatable bonds is 5. The number of benzene rings is 1. The van der Waals surface area contributed by atoms with E-state index in [1.807, 2.05) is 11.0 Å². The van der Waals surface area contributed by atoms with Crippen LogP contribution in [0.25, 0.3) is 0 Å². The van der Waals surface area contributed by atoms with Gasteiger partial charge in [0, 0.05) is 12.6 Å². The zero-order chi connectivity index (χ0) is 15.2. The number of likely N-dealkylation sites (tertiary alicyclic amines) is 1. The number of aromatic carboxylic acids is 1. The molecule has 114 valence electrons. The van der Waals surface area contributed by atoms with Crippen LogP contribution in [-0.4, -0.2) is 34.5 Å². The summed E-state index contributed by atoms with van der Waals surface area (Å²) in [6.45, 7) is 2.98. The van der Waals surface area contributed by atoms with Crippen LogP contribution in [0.4, 0.5) is 0 Å². The fraction of sp³-hybridized carbons (Fsp3) is 0.529. The van der Waals surface area contributed by atoms with Gasteiger partial charge in [-0.2, -0.15) is 0 Å². The molecule has 0 bridgehead atoms. The first kappa shape index (κ1) is 15.5. The Kier molecular flexibility index (Phi) is 5.37. The van der Waals surface area contributed by atoms with Crippen molar-refractivity contribution in [2.75, 3.05) is 6.54 Å². The topological polar surface area (TPSA) is 57.6 Å². The van der Waals surface area contributed by atoms with Crippen molar-refractivity contribution in [2.24, 2.45) is 0 Å². The first-order valence-corrected chi connectivity index (χ1v) is 7.73. The molecule has 21 heavy (non-hydrogen) atoms. The van der Waals surface area contributed by atoms with Crippen LogP contribution in [0.1, 0.15) is 54.9 Å². The third kappa shape index (κ3) is 4.06. The van der Waals surface area contributed by atoms with Crippen molar-refractivity contribution in [3.63, 3.8) is 0 Å². The molecule has 0 spiro atoms. The van der Waals surface area contributed by atoms with Gasteiger partial charge in [-0.25, -0.2) is 4.79 Å². The lowest BCUT2D eigenvalue weighted by molar-refractivity contribution is -0.134. The largest absolute Gasteiger partial charge is 0.478 e. The Morgan fingerprint density at radius 3 is 2.86 bits per heavy atom. The molecule has 1 aromatic carbocycles. The number of carboxylic acid groups (broad SMARTS) is 1. The molecular formula is C17H23NO3. The van der Waals surface area contributed by atoms with Crippen molar-refractivity contribution in [2.45, 2.75) is 51.5 Å². The molecule has 0 saturated carbocycles. The maximum Gasteiger partial charge on any atom is 0.335 e. The number of hydrogen-bond acceptors (Lipinski definition) is 2. The van der Waals surface area contributed by atoms with Crippen LogP contribution < -0.4 is 0 Å². The molecule has 4 heteroatoms. The lowest BCUT2D eigenvalue weighted by Crippen LogP contribution is -2.44. The van der Waals surface area contributed by atoms with Gasteiger partial charge in [0.05, 0.1) is 12.0 Å². The minimum Gasteiger partial charge on any atom is -0.478 e. The maximum atomic E-state index is 12.5. The normalized spacial score (nSPS) is 18.5. The lowest BCUT2D eigenvalue weighted by Gasteiger charge is -2.36. The van der Waals surface area contributed by atoms with Crippen LogP contribution in [0.15, 0.2) is 24.3 Å². The third-order valence-corrected chi connectivity index (χ3v) is 4.10. The molecule has 0 aromatic heterocycles. The number of carbonyl (C=O) groups excluding carboxylic acids is 1. The van der Waals surface area contributed by atoms with Gasteiger partial charge in [-0.15, -0.1) is 0 Å². The van der Waals surface area contributed by atoms with Crippen LogP contribution >= 0.6 is 0 Å². The van der Waals surface area contributed by atoms with Crippen LogP contribution in [0, 0.1) is 0 Å². The van der Waals surface area contributed by atoms with Crippen molar-refractivity contribution < 1.29 is 14.7 Å². The van der Waals surface area contributed by atoms with Gasteiger partial charge < -0.3 is 10.0 Å². The SMILES string of the molecule is CCCC1CCCCN1C(=O)Cc1cccc(C(=O)O)c1. The van der Waals surface area contributed by atoms with Gasteiger partial charge in [-0.1, -0.05) is 25.5 Å². The molecule has 1 saturated heterocycles. The summed E-state index contributed by atoms with van der Waals surface area (Å²) < 4.78 is 0. The maximum absolute atomic E-state index is 12.5. The predicted octanol–water partition coefficient (Wildman–Crippen LogP) is 3.11. The number of carbonyl (C=O) groups is 2. The molecule has 1 aromatic rings. The average Bonchev–Trinajstić information content (AvgIpc) is 2.48. The molecule has 1 fully saturated rings. The van der Waals surface area contributed by atoms with E-state index in [2.05, 4.69) is 6.92 Å². The summed E-state index contributed by atoms with van der Waals surface area (Å²) in [5.41, 5.74) is 1.02. The Labute approximate surface area is 125 Å². The molecule has 1 aliphatic heterocycles. The Morgan fingerprint density at radius 2 is 2.14 bits per heavy atom. The molecule has 1 heterocycles. The summed E-state index contributed by atoms with van der Waals surface area (Å²) in [7, 11) is 0. The Morgan fingerprint density at radius 1 is 1.33 bits per heavy atom. The minimum absolute atomic E-state index is 0.121. The molecule has 1 N–H and O–H groups in total. The van der Waals surface area contributed by atoms with Crippen molar-refractivity contribution in [3.8, 4) is 0 Å². The van der Waals surface area contributed by atoms with E-state index in [1.54, 1.807) is 18.2 Å². The molecule has 1 aliphatic rings. The Hall–Kier alpha value is -1.84. The molecule has 1 amide bonds. The summed E-state index contributed by atoms with van der Waals surface area (Å²) in [6.07, 6.45) is 5.80. The van der Waals surface area contributed by atoms with Gasteiger partial charge in [0.1, 0.15) is 0 Å². The smallest absolute Gasteiger partial charge is 0.335 e. The summed E-state index contributed by atoms with van der Waals surface area (Å²) in [5.74, 6) is -0.832. The van der Waals surface area contributed by atoms with E-state index in [-0.39, 0.29) is 11.5 Å². The second-order valence-electron chi connectivity index (χ2n) is 5.71. The van der Waals surface area contributed by atoms with Crippen LogP contribution in [0.2, 0.25) is 0 Å². The molecule has 4 nitrogen and oxygen atoms in total. The zero-order valence-corrected chi connectivity index (χ0v) is 12.5. The van der Waals surface area contributed by atoms with Gasteiger partial charge in [0.25, 0.3) is 0 Å². The first-order valence-electron chi connectivity index (χ1n) is 7.73. The van der Waals surface area contributed by atoms with E-state index in [4.69, 9.17) is 5.11 Å². The third-order valence-electron chi connectivity index (χ3n) is 4.10. The molecule has 1 atom stereocenters. The van der Waals surface area contributed by atoms with Gasteiger partial charge in [-0.3, -0.25) is 4.79 Å². The van der Waals surface area contributed by atoms with Crippen molar-refractivity contribution in [1.82, 2.24) is 4.90 Å². The van der Waals surface area contributed by atoms with Crippen molar-refractivity contribution in [3.05, 3.63) is 35.4 Å². The zero-order valence-electron chi connectivity index (χ0n) is 12.5. The highest BCUT2D eigenvalue weighted by atomic mass is 16.4. The number of hydrogen-bond donors (Lipinski definition) is 1. The standard InChI is InChI=1S/C17H23NO3/c1-2-6-15-9-3-4-10-18(15)16(19)12-13-7-5-8-14(11-13)17(20)21/h5,7-8,11,15H,2-4,6,9-10,12H2,1H3,(H,20,21). The molecular weight excluding hydrogens is 266 g/mol. The van der Waals surface area contributed by atoms with Crippen LogP contribution in [-0.2, 0) is 11.2 Å². The molecule has 2 rings (SSSR count). The number of nitrogens with zero attached hydrogens (tertiary/aromatic N) is 1. The summed E-state index contributed by atoms with van der Waals surface area (Å²) in [4.78, 5) is 25.5. The van der Waals surface area contributed by atoms with Gasteiger partial charge in [0.15, 0.2) is 0 Å². The van der Waals surface area contributed by atoms with E-state index in [0.717, 1.165) is 37.8 Å².